The van der Waals surface area contributed by atoms with Crippen LogP contribution in [0.2, 0.25) is 5.02 Å². The molecular weight excluding hydrogens is 329 g/mol. The van der Waals surface area contributed by atoms with Crippen LogP contribution in [0.15, 0.2) is 55.1 Å². The van der Waals surface area contributed by atoms with E-state index in [0.29, 0.717) is 11.5 Å². The Bertz CT molecular complexity index is 1020. The predicted octanol–water partition coefficient (Wildman–Crippen LogP) is 4.56. The van der Waals surface area contributed by atoms with Crippen LogP contribution >= 0.6 is 11.6 Å². The van der Waals surface area contributed by atoms with E-state index in [1.165, 1.54) is 18.5 Å². The van der Waals surface area contributed by atoms with Gasteiger partial charge in [0.05, 0.1) is 10.5 Å². The third-order valence-corrected chi connectivity index (χ3v) is 3.88. The predicted molar refractivity (Wildman–Crippen MR) is 91.8 cm³/mol. The van der Waals surface area contributed by atoms with Gasteiger partial charge in [0.25, 0.3) is 0 Å². The van der Waals surface area contributed by atoms with Crippen molar-refractivity contribution in [1.29, 1.82) is 0 Å². The smallest absolute Gasteiger partial charge is 0.141 e. The van der Waals surface area contributed by atoms with E-state index in [-0.39, 0.29) is 5.02 Å². The number of nitrogens with one attached hydrogen (secondary N) is 2. The second-order valence-corrected chi connectivity index (χ2v) is 5.55. The van der Waals surface area contributed by atoms with Crippen molar-refractivity contribution in [3.63, 3.8) is 0 Å². The molecule has 4 rings (SSSR count). The molecule has 0 aliphatic rings. The van der Waals surface area contributed by atoms with Crippen molar-refractivity contribution in [3.05, 3.63) is 66.0 Å². The molecule has 4 aromatic rings. The summed E-state index contributed by atoms with van der Waals surface area (Å²) in [5.41, 5.74) is 2.35. The number of halogens is 2. The minimum absolute atomic E-state index is 0.0541. The second kappa shape index (κ2) is 5.90. The maximum atomic E-state index is 13.3. The molecule has 7 heteroatoms. The van der Waals surface area contributed by atoms with Crippen molar-refractivity contribution in [1.82, 2.24) is 19.9 Å². The highest BCUT2D eigenvalue weighted by molar-refractivity contribution is 6.31. The van der Waals surface area contributed by atoms with Gasteiger partial charge >= 0.3 is 0 Å². The zero-order valence-electron chi connectivity index (χ0n) is 12.3. The molecule has 0 aliphatic heterocycles. The molecule has 0 radical (unpaired) electrons. The number of rotatable bonds is 3. The van der Waals surface area contributed by atoms with Crippen LogP contribution in [0, 0.1) is 5.82 Å². The van der Waals surface area contributed by atoms with Gasteiger partial charge in [-0.05, 0) is 30.3 Å². The van der Waals surface area contributed by atoms with Crippen LogP contribution < -0.4 is 5.32 Å². The van der Waals surface area contributed by atoms with Crippen LogP contribution in [0.1, 0.15) is 0 Å². The summed E-state index contributed by atoms with van der Waals surface area (Å²) in [6.45, 7) is 0. The first-order valence-corrected chi connectivity index (χ1v) is 7.55. The molecule has 0 spiro atoms. The van der Waals surface area contributed by atoms with Crippen LogP contribution in [-0.2, 0) is 0 Å². The van der Waals surface area contributed by atoms with Gasteiger partial charge in [-0.25, -0.2) is 19.3 Å². The van der Waals surface area contributed by atoms with Crippen LogP contribution in [0.3, 0.4) is 0 Å². The number of H-pyrrole nitrogens is 1. The average molecular weight is 340 g/mol. The van der Waals surface area contributed by atoms with E-state index in [0.717, 1.165) is 22.3 Å². The summed E-state index contributed by atoms with van der Waals surface area (Å²) in [7, 11) is 0. The van der Waals surface area contributed by atoms with Gasteiger partial charge in [0.1, 0.15) is 23.8 Å². The summed E-state index contributed by atoms with van der Waals surface area (Å²) in [5, 5.41) is 4.04. The van der Waals surface area contributed by atoms with Crippen molar-refractivity contribution < 1.29 is 4.39 Å². The molecule has 0 fully saturated rings. The first kappa shape index (κ1) is 14.6. The van der Waals surface area contributed by atoms with Crippen molar-refractivity contribution in [2.45, 2.75) is 0 Å². The van der Waals surface area contributed by atoms with Crippen molar-refractivity contribution in [2.75, 3.05) is 5.32 Å². The highest BCUT2D eigenvalue weighted by Crippen LogP contribution is 2.28. The molecule has 0 bridgehead atoms. The summed E-state index contributed by atoms with van der Waals surface area (Å²) in [4.78, 5) is 15.9. The summed E-state index contributed by atoms with van der Waals surface area (Å²) < 4.78 is 13.3. The Morgan fingerprint density at radius 3 is 2.75 bits per heavy atom. The highest BCUT2D eigenvalue weighted by atomic mass is 35.5. The van der Waals surface area contributed by atoms with E-state index in [9.17, 15) is 4.39 Å². The monoisotopic (exact) mass is 339 g/mol. The Balaban J connectivity index is 1.74. The summed E-state index contributed by atoms with van der Waals surface area (Å²) in [6, 6.07) is 10.2. The zero-order valence-corrected chi connectivity index (χ0v) is 13.0. The summed E-state index contributed by atoms with van der Waals surface area (Å²) in [6.07, 6.45) is 4.94. The lowest BCUT2D eigenvalue weighted by Crippen LogP contribution is -1.96. The maximum absolute atomic E-state index is 13.3. The molecule has 118 valence electrons. The summed E-state index contributed by atoms with van der Waals surface area (Å²) >= 11 is 5.82. The average Bonchev–Trinajstić information content (AvgIpc) is 3.13. The van der Waals surface area contributed by atoms with Gasteiger partial charge in [0.15, 0.2) is 0 Å². The van der Waals surface area contributed by atoms with Gasteiger partial charge in [-0.1, -0.05) is 17.7 Å². The van der Waals surface area contributed by atoms with E-state index in [1.54, 1.807) is 18.5 Å². The Kier molecular flexibility index (Phi) is 3.59. The van der Waals surface area contributed by atoms with Gasteiger partial charge in [-0.15, -0.1) is 0 Å². The molecule has 0 aliphatic carbocycles. The second-order valence-electron chi connectivity index (χ2n) is 5.15. The number of nitrogens with zero attached hydrogens (tertiary/aromatic N) is 3. The number of aromatic amines is 1. The Morgan fingerprint density at radius 1 is 1.04 bits per heavy atom. The SMILES string of the molecule is Fc1ccc(Nc2ncnc3cc(-c4ncc[nH]4)ccc23)cc1Cl. The van der Waals surface area contributed by atoms with Crippen LogP contribution in [0.4, 0.5) is 15.9 Å². The van der Waals surface area contributed by atoms with Crippen molar-refractivity contribution in [2.24, 2.45) is 0 Å². The minimum atomic E-state index is -0.460. The normalized spacial score (nSPS) is 10.9. The number of benzene rings is 2. The molecule has 5 nitrogen and oxygen atoms in total. The van der Waals surface area contributed by atoms with Crippen molar-refractivity contribution in [3.8, 4) is 11.4 Å². The molecule has 2 aromatic carbocycles. The molecule has 24 heavy (non-hydrogen) atoms. The number of imidazole rings is 1. The molecule has 0 saturated carbocycles. The number of fused-ring (bicyclic) bond motifs is 1. The quantitative estimate of drug-likeness (QED) is 0.574. The molecule has 2 N–H and O–H groups in total. The number of hydrogen-bond donors (Lipinski definition) is 2. The highest BCUT2D eigenvalue weighted by Gasteiger charge is 2.08. The van der Waals surface area contributed by atoms with Crippen molar-refractivity contribution >= 4 is 34.0 Å². The van der Waals surface area contributed by atoms with Gasteiger partial charge in [0, 0.05) is 29.0 Å². The lowest BCUT2D eigenvalue weighted by Gasteiger charge is -2.09. The maximum Gasteiger partial charge on any atom is 0.141 e. The van der Waals surface area contributed by atoms with Gasteiger partial charge in [-0.2, -0.15) is 0 Å². The molecule has 2 heterocycles. The fraction of sp³-hybridized carbons (Fsp3) is 0. The zero-order chi connectivity index (χ0) is 16.5. The molecule has 0 amide bonds. The van der Waals surface area contributed by atoms with Gasteiger partial charge < -0.3 is 10.3 Å². The molecule has 0 atom stereocenters. The fourth-order valence-corrected chi connectivity index (χ4v) is 2.62. The molecule has 0 saturated heterocycles. The van der Waals surface area contributed by atoms with Crippen LogP contribution in [0.5, 0.6) is 0 Å². The lowest BCUT2D eigenvalue weighted by atomic mass is 10.1. The number of anilines is 2. The molecular formula is C17H11ClFN5. The minimum Gasteiger partial charge on any atom is -0.345 e. The first-order chi connectivity index (χ1) is 11.7. The topological polar surface area (TPSA) is 66.5 Å². The van der Waals surface area contributed by atoms with E-state index in [2.05, 4.69) is 25.3 Å². The lowest BCUT2D eigenvalue weighted by molar-refractivity contribution is 0.628. The Labute approximate surface area is 141 Å². The Morgan fingerprint density at radius 2 is 1.96 bits per heavy atom. The largest absolute Gasteiger partial charge is 0.345 e. The van der Waals surface area contributed by atoms with Crippen LogP contribution in [-0.4, -0.2) is 19.9 Å². The van der Waals surface area contributed by atoms with Gasteiger partial charge in [0.2, 0.25) is 0 Å². The van der Waals surface area contributed by atoms with E-state index < -0.39 is 5.82 Å². The molecule has 2 aromatic heterocycles. The summed E-state index contributed by atoms with van der Waals surface area (Å²) in [5.74, 6) is 0.932. The van der Waals surface area contributed by atoms with Crippen LogP contribution in [0.25, 0.3) is 22.3 Å². The molecule has 0 unspecified atom stereocenters. The third-order valence-electron chi connectivity index (χ3n) is 3.59. The van der Waals surface area contributed by atoms with E-state index in [4.69, 9.17) is 11.6 Å². The third kappa shape index (κ3) is 2.68. The Hall–Kier alpha value is -2.99. The first-order valence-electron chi connectivity index (χ1n) is 7.17. The standard InChI is InChI=1S/C17H11ClFN5/c18-13-8-11(2-4-14(13)19)24-17-12-3-1-10(16-20-5-6-21-16)7-15(12)22-9-23-17/h1-9H,(H,20,21)(H,22,23,24). The van der Waals surface area contributed by atoms with E-state index >= 15 is 0 Å². The fourth-order valence-electron chi connectivity index (χ4n) is 2.44. The number of hydrogen-bond acceptors (Lipinski definition) is 4. The van der Waals surface area contributed by atoms with E-state index in [1.807, 2.05) is 18.2 Å². The van der Waals surface area contributed by atoms with Gasteiger partial charge in [-0.3, -0.25) is 0 Å². The number of aromatic nitrogens is 4.